The van der Waals surface area contributed by atoms with E-state index in [0.29, 0.717) is 27.0 Å². The number of benzene rings is 1. The van der Waals surface area contributed by atoms with E-state index in [1.54, 1.807) is 28.8 Å². The van der Waals surface area contributed by atoms with E-state index in [4.69, 9.17) is 32.7 Å². The van der Waals surface area contributed by atoms with Gasteiger partial charge in [-0.25, -0.2) is 4.79 Å². The molecule has 1 aliphatic carbocycles. The van der Waals surface area contributed by atoms with Crippen molar-refractivity contribution in [1.82, 2.24) is 4.57 Å². The number of furan rings is 1. The van der Waals surface area contributed by atoms with E-state index in [-0.39, 0.29) is 30.9 Å². The Balaban J connectivity index is 1.90. The van der Waals surface area contributed by atoms with E-state index < -0.39 is 18.1 Å². The third-order valence-corrected chi connectivity index (χ3v) is 5.83. The summed E-state index contributed by atoms with van der Waals surface area (Å²) in [6.07, 6.45) is -4.28. The number of fused-ring (bicyclic) bond motifs is 1. The van der Waals surface area contributed by atoms with Gasteiger partial charge in [-0.05, 0) is 49.1 Å². The fourth-order valence-electron chi connectivity index (χ4n) is 3.67. The Hall–Kier alpha value is -2.38. The zero-order chi connectivity index (χ0) is 20.9. The number of alkyl halides is 3. The van der Waals surface area contributed by atoms with Gasteiger partial charge in [0.2, 0.25) is 11.6 Å². The van der Waals surface area contributed by atoms with Gasteiger partial charge in [-0.1, -0.05) is 29.3 Å². The minimum atomic E-state index is -4.31. The van der Waals surface area contributed by atoms with Crippen LogP contribution in [-0.4, -0.2) is 21.8 Å². The molecule has 4 nitrogen and oxygen atoms in total. The maximum Gasteiger partial charge on any atom is 0.392 e. The molecule has 0 amide bonds. The highest BCUT2D eigenvalue weighted by Crippen LogP contribution is 2.41. The van der Waals surface area contributed by atoms with E-state index >= 15 is 0 Å². The first kappa shape index (κ1) is 19.9. The van der Waals surface area contributed by atoms with Crippen LogP contribution < -0.4 is 0 Å². The van der Waals surface area contributed by atoms with E-state index in [0.717, 1.165) is 5.56 Å². The number of rotatable bonds is 3. The Morgan fingerprint density at radius 3 is 2.52 bits per heavy atom. The van der Waals surface area contributed by atoms with E-state index in [9.17, 15) is 18.0 Å². The van der Waals surface area contributed by atoms with E-state index in [1.165, 1.54) is 12.1 Å². The van der Waals surface area contributed by atoms with Crippen LogP contribution in [0.5, 0.6) is 0 Å². The first-order valence-corrected chi connectivity index (χ1v) is 9.50. The second kappa shape index (κ2) is 7.15. The number of hydrogen-bond acceptors (Lipinski definition) is 2. The number of nitrogens with zero attached hydrogens (tertiary/aromatic N) is 1. The number of carbonyl (C=O) groups is 1. The van der Waals surface area contributed by atoms with E-state index in [2.05, 4.69) is 0 Å². The van der Waals surface area contributed by atoms with Gasteiger partial charge in [0.1, 0.15) is 0 Å². The van der Waals surface area contributed by atoms with Gasteiger partial charge in [0.25, 0.3) is 0 Å². The quantitative estimate of drug-likeness (QED) is 0.508. The molecule has 2 heterocycles. The smallest absolute Gasteiger partial charge is 0.392 e. The molecule has 2 aromatic heterocycles. The molecule has 4 rings (SSSR count). The number of aromatic nitrogens is 1. The van der Waals surface area contributed by atoms with Gasteiger partial charge in [-0.2, -0.15) is 13.2 Å². The number of hydrogen-bond donors (Lipinski definition) is 1. The average molecular weight is 444 g/mol. The summed E-state index contributed by atoms with van der Waals surface area (Å²) in [4.78, 5) is 11.2. The Labute approximate surface area is 173 Å². The number of aryl methyl sites for hydroxylation is 1. The molecule has 1 aliphatic rings. The van der Waals surface area contributed by atoms with Gasteiger partial charge in [0, 0.05) is 17.3 Å². The van der Waals surface area contributed by atoms with Crippen molar-refractivity contribution in [3.8, 4) is 17.1 Å². The van der Waals surface area contributed by atoms with Gasteiger partial charge in [-0.15, -0.1) is 0 Å². The Bertz CT molecular complexity index is 1100. The van der Waals surface area contributed by atoms with E-state index in [1.807, 2.05) is 0 Å². The summed E-state index contributed by atoms with van der Waals surface area (Å²) in [7, 11) is 0. The molecule has 9 heteroatoms. The van der Waals surface area contributed by atoms with Crippen molar-refractivity contribution >= 4 is 29.2 Å². The molecule has 0 aliphatic heterocycles. The van der Waals surface area contributed by atoms with Crippen LogP contribution in [0.15, 0.2) is 40.8 Å². The summed E-state index contributed by atoms with van der Waals surface area (Å²) in [5.74, 6) is -2.90. The van der Waals surface area contributed by atoms with Crippen molar-refractivity contribution in [3.05, 3.63) is 63.5 Å². The Kier molecular flexibility index (Phi) is 4.91. The minimum Gasteiger partial charge on any atom is -0.475 e. The second-order valence-electron chi connectivity index (χ2n) is 6.89. The SMILES string of the molecule is O=C(O)c1ccc(-n2c(-c3ccc(Cl)c(Cl)c3)cc3c2CC(C(F)(F)F)CC3)o1. The fourth-order valence-corrected chi connectivity index (χ4v) is 3.97. The molecule has 152 valence electrons. The van der Waals surface area contributed by atoms with Crippen molar-refractivity contribution in [1.29, 1.82) is 0 Å². The lowest BCUT2D eigenvalue weighted by atomic mass is 9.87. The monoisotopic (exact) mass is 443 g/mol. The predicted octanol–water partition coefficient (Wildman–Crippen LogP) is 6.41. The average Bonchev–Trinajstić information content (AvgIpc) is 3.27. The van der Waals surface area contributed by atoms with Crippen LogP contribution in [0.2, 0.25) is 10.0 Å². The lowest BCUT2D eigenvalue weighted by Crippen LogP contribution is -2.29. The number of halogens is 5. The van der Waals surface area contributed by atoms with Gasteiger partial charge in [0.15, 0.2) is 0 Å². The molecular weight excluding hydrogens is 430 g/mol. The highest BCUT2D eigenvalue weighted by Gasteiger charge is 2.42. The molecule has 0 fully saturated rings. The summed E-state index contributed by atoms with van der Waals surface area (Å²) in [6.45, 7) is 0. The summed E-state index contributed by atoms with van der Waals surface area (Å²) in [6, 6.07) is 9.41. The molecule has 29 heavy (non-hydrogen) atoms. The maximum absolute atomic E-state index is 13.4. The molecule has 0 saturated heterocycles. The highest BCUT2D eigenvalue weighted by molar-refractivity contribution is 6.42. The zero-order valence-electron chi connectivity index (χ0n) is 14.8. The topological polar surface area (TPSA) is 55.4 Å². The van der Waals surface area contributed by atoms with Crippen LogP contribution in [0.4, 0.5) is 13.2 Å². The molecule has 0 saturated carbocycles. The molecule has 1 unspecified atom stereocenters. The predicted molar refractivity (Wildman–Crippen MR) is 102 cm³/mol. The van der Waals surface area contributed by atoms with Crippen molar-refractivity contribution < 1.29 is 27.5 Å². The molecule has 0 radical (unpaired) electrons. The van der Waals surface area contributed by atoms with Crippen LogP contribution in [-0.2, 0) is 12.8 Å². The summed E-state index contributed by atoms with van der Waals surface area (Å²) >= 11 is 12.1. The van der Waals surface area contributed by atoms with Gasteiger partial charge in [0.05, 0.1) is 21.7 Å². The lowest BCUT2D eigenvalue weighted by molar-refractivity contribution is -0.177. The summed E-state index contributed by atoms with van der Waals surface area (Å²) < 4.78 is 47.0. The molecular formula is C20H14Cl2F3NO3. The summed E-state index contributed by atoms with van der Waals surface area (Å²) in [5, 5.41) is 9.80. The largest absolute Gasteiger partial charge is 0.475 e. The molecule has 1 N–H and O–H groups in total. The van der Waals surface area contributed by atoms with Gasteiger partial charge >= 0.3 is 12.1 Å². The normalized spacial score (nSPS) is 16.7. The van der Waals surface area contributed by atoms with Gasteiger partial charge in [-0.3, -0.25) is 4.57 Å². The molecule has 3 aromatic rings. The highest BCUT2D eigenvalue weighted by atomic mass is 35.5. The standard InChI is InChI=1S/C20H14Cl2F3NO3/c21-13-4-2-10(7-14(13)22)15-8-11-1-3-12(20(23,24)25)9-16(11)26(15)18-6-5-17(29-18)19(27)28/h2,4-8,12H,1,3,9H2,(H,27,28). The van der Waals surface area contributed by atoms with Crippen LogP contribution >= 0.6 is 23.2 Å². The first-order valence-electron chi connectivity index (χ1n) is 8.74. The van der Waals surface area contributed by atoms with Crippen LogP contribution in [0.1, 0.15) is 28.2 Å². The maximum atomic E-state index is 13.4. The lowest BCUT2D eigenvalue weighted by Gasteiger charge is -2.26. The number of carboxylic acids is 1. The molecule has 1 atom stereocenters. The Morgan fingerprint density at radius 2 is 1.90 bits per heavy atom. The fraction of sp³-hybridized carbons (Fsp3) is 0.250. The van der Waals surface area contributed by atoms with Crippen LogP contribution in [0.3, 0.4) is 0 Å². The first-order chi connectivity index (χ1) is 13.6. The number of carboxylic acid groups (broad SMARTS) is 1. The van der Waals surface area contributed by atoms with Crippen molar-refractivity contribution in [2.24, 2.45) is 5.92 Å². The zero-order valence-corrected chi connectivity index (χ0v) is 16.3. The minimum absolute atomic E-state index is 0.000141. The van der Waals surface area contributed by atoms with Crippen molar-refractivity contribution in [2.75, 3.05) is 0 Å². The number of aromatic carboxylic acids is 1. The van der Waals surface area contributed by atoms with Crippen LogP contribution in [0, 0.1) is 5.92 Å². The third kappa shape index (κ3) is 3.65. The van der Waals surface area contributed by atoms with Crippen molar-refractivity contribution in [3.63, 3.8) is 0 Å². The molecule has 1 aromatic carbocycles. The third-order valence-electron chi connectivity index (χ3n) is 5.10. The molecule has 0 bridgehead atoms. The van der Waals surface area contributed by atoms with Crippen LogP contribution in [0.25, 0.3) is 17.1 Å². The van der Waals surface area contributed by atoms with Gasteiger partial charge < -0.3 is 9.52 Å². The second-order valence-corrected chi connectivity index (χ2v) is 7.70. The Morgan fingerprint density at radius 1 is 1.14 bits per heavy atom. The van der Waals surface area contributed by atoms with Crippen molar-refractivity contribution in [2.45, 2.75) is 25.4 Å². The summed E-state index contributed by atoms with van der Waals surface area (Å²) in [5.41, 5.74) is 2.40. The molecule has 0 spiro atoms.